The van der Waals surface area contributed by atoms with Crippen LogP contribution < -0.4 is 54.2 Å². The van der Waals surface area contributed by atoms with E-state index in [2.05, 4.69) is 0 Å². The molecule has 0 spiro atoms. The number of hydrogen-bond donors (Lipinski definition) is 4. The Morgan fingerprint density at radius 1 is 0.400 bits per heavy atom. The Morgan fingerprint density at radius 3 is 0.400 bits per heavy atom. The topological polar surface area (TPSA) is 140 Å². The van der Waals surface area contributed by atoms with Crippen LogP contribution in [-0.4, -0.2) is 0 Å². The molecule has 0 aromatic heterocycles. The van der Waals surface area contributed by atoms with Crippen LogP contribution in [0.1, 0.15) is 0 Å². The summed E-state index contributed by atoms with van der Waals surface area (Å²) < 4.78 is 0. The van der Waals surface area contributed by atoms with Crippen molar-refractivity contribution in [2.45, 2.75) is 0 Å². The molecule has 0 atom stereocenters. The van der Waals surface area contributed by atoms with Gasteiger partial charge in [0.1, 0.15) is 0 Å². The van der Waals surface area contributed by atoms with Gasteiger partial charge in [-0.1, -0.05) is 0 Å². The van der Waals surface area contributed by atoms with Gasteiger partial charge in [0, 0.05) is 0 Å². The molecule has 0 saturated heterocycles. The van der Waals surface area contributed by atoms with E-state index in [0.717, 1.165) is 0 Å². The SMILES string of the molecule is N.N.N.N.[Na+]. The van der Waals surface area contributed by atoms with E-state index in [1.807, 2.05) is 0 Å². The second-order valence-electron chi connectivity index (χ2n) is 0. The third-order valence-corrected chi connectivity index (χ3v) is 0. The molecular formula is H12N4Na+. The third-order valence-electron chi connectivity index (χ3n) is 0. The molecule has 5 heteroatoms. The van der Waals surface area contributed by atoms with Gasteiger partial charge in [0.15, 0.2) is 0 Å². The smallest absolute Gasteiger partial charge is 0.344 e. The summed E-state index contributed by atoms with van der Waals surface area (Å²) in [5.74, 6) is 0. The standard InChI is InChI=1S/4H3N.Na/h4*1H3;/q;;;;+1. The third kappa shape index (κ3) is 55.3. The minimum absolute atomic E-state index is 0. The van der Waals surface area contributed by atoms with Gasteiger partial charge in [-0.25, -0.2) is 0 Å². The van der Waals surface area contributed by atoms with Crippen LogP contribution in [0.25, 0.3) is 0 Å². The molecule has 0 aliphatic heterocycles. The van der Waals surface area contributed by atoms with Gasteiger partial charge >= 0.3 is 29.6 Å². The van der Waals surface area contributed by atoms with Crippen molar-refractivity contribution < 1.29 is 29.6 Å². The Kier molecular flexibility index (Phi) is 3920. The first-order valence-corrected chi connectivity index (χ1v) is 0. The van der Waals surface area contributed by atoms with Crippen molar-refractivity contribution in [2.24, 2.45) is 0 Å². The molecular weight excluding hydrogens is 79.0 g/mol. The van der Waals surface area contributed by atoms with Crippen molar-refractivity contribution >= 4 is 0 Å². The Bertz CT molecular complexity index is 3.61. The Hall–Kier alpha value is 0.840. The predicted molar refractivity (Wildman–Crippen MR) is 20.1 cm³/mol. The summed E-state index contributed by atoms with van der Waals surface area (Å²) in [4.78, 5) is 0. The van der Waals surface area contributed by atoms with E-state index in [4.69, 9.17) is 0 Å². The summed E-state index contributed by atoms with van der Waals surface area (Å²) in [5, 5.41) is 0. The number of rotatable bonds is 0. The minimum Gasteiger partial charge on any atom is -0.344 e. The quantitative estimate of drug-likeness (QED) is 0.248. The summed E-state index contributed by atoms with van der Waals surface area (Å²) in [5.41, 5.74) is 0. The normalized spacial score (nSPS) is 0. The Balaban J connectivity index is 0. The second-order valence-corrected chi connectivity index (χ2v) is 0. The van der Waals surface area contributed by atoms with E-state index < -0.39 is 0 Å². The summed E-state index contributed by atoms with van der Waals surface area (Å²) in [6.07, 6.45) is 0. The van der Waals surface area contributed by atoms with Crippen molar-refractivity contribution in [1.82, 2.24) is 24.6 Å². The fourth-order valence-electron chi connectivity index (χ4n) is 0. The van der Waals surface area contributed by atoms with Gasteiger partial charge in [-0.3, -0.25) is 0 Å². The fraction of sp³-hybridized carbons (Fsp3) is 0. The van der Waals surface area contributed by atoms with E-state index in [9.17, 15) is 0 Å². The molecule has 0 rings (SSSR count). The van der Waals surface area contributed by atoms with Gasteiger partial charge in [-0.05, 0) is 0 Å². The maximum atomic E-state index is 0. The van der Waals surface area contributed by atoms with Gasteiger partial charge in [0.05, 0.1) is 0 Å². The first kappa shape index (κ1) is 194. The zero-order valence-electron chi connectivity index (χ0n) is 3.83. The molecule has 0 radical (unpaired) electrons. The van der Waals surface area contributed by atoms with Crippen LogP contribution in [-0.2, 0) is 0 Å². The zero-order valence-corrected chi connectivity index (χ0v) is 5.83. The van der Waals surface area contributed by atoms with E-state index in [1.165, 1.54) is 0 Å². The molecule has 32 valence electrons. The molecule has 0 aromatic carbocycles. The summed E-state index contributed by atoms with van der Waals surface area (Å²) in [6, 6.07) is 0. The van der Waals surface area contributed by atoms with E-state index in [-0.39, 0.29) is 54.2 Å². The Morgan fingerprint density at radius 2 is 0.400 bits per heavy atom. The summed E-state index contributed by atoms with van der Waals surface area (Å²) >= 11 is 0. The molecule has 0 aliphatic carbocycles. The average molecular weight is 91.1 g/mol. The van der Waals surface area contributed by atoms with Crippen LogP contribution in [0, 0.1) is 0 Å². The number of hydrogen-bond acceptors (Lipinski definition) is 4. The molecule has 0 amide bonds. The zero-order chi connectivity index (χ0) is 0. The fourth-order valence-corrected chi connectivity index (χ4v) is 0. The molecule has 4 nitrogen and oxygen atoms in total. The van der Waals surface area contributed by atoms with Crippen LogP contribution in [0.5, 0.6) is 0 Å². The van der Waals surface area contributed by atoms with Gasteiger partial charge in [0.25, 0.3) is 0 Å². The maximum absolute atomic E-state index is 0. The van der Waals surface area contributed by atoms with Crippen molar-refractivity contribution in [3.63, 3.8) is 0 Å². The van der Waals surface area contributed by atoms with Gasteiger partial charge in [0.2, 0.25) is 0 Å². The first-order chi connectivity index (χ1) is 0. The average Bonchev–Trinajstić information content (AvgIpc) is 0. The molecule has 12 N–H and O–H groups in total. The molecule has 0 aliphatic rings. The van der Waals surface area contributed by atoms with Crippen molar-refractivity contribution in [3.05, 3.63) is 0 Å². The predicted octanol–water partition coefficient (Wildman–Crippen LogP) is -2.35. The van der Waals surface area contributed by atoms with E-state index in [0.29, 0.717) is 0 Å². The van der Waals surface area contributed by atoms with Crippen molar-refractivity contribution in [2.75, 3.05) is 0 Å². The molecule has 0 heterocycles. The van der Waals surface area contributed by atoms with Crippen LogP contribution in [0.4, 0.5) is 0 Å². The molecule has 0 bridgehead atoms. The minimum atomic E-state index is 0. The van der Waals surface area contributed by atoms with Crippen LogP contribution >= 0.6 is 0 Å². The van der Waals surface area contributed by atoms with Crippen molar-refractivity contribution in [1.29, 1.82) is 0 Å². The molecule has 0 saturated carbocycles. The summed E-state index contributed by atoms with van der Waals surface area (Å²) in [6.45, 7) is 0. The van der Waals surface area contributed by atoms with Gasteiger partial charge < -0.3 is 24.6 Å². The maximum Gasteiger partial charge on any atom is 1.00 e. The molecule has 0 unspecified atom stereocenters. The van der Waals surface area contributed by atoms with Crippen LogP contribution in [0.3, 0.4) is 0 Å². The largest absolute Gasteiger partial charge is 1.00 e. The molecule has 0 fully saturated rings. The second kappa shape index (κ2) is 101. The van der Waals surface area contributed by atoms with Crippen LogP contribution in [0.15, 0.2) is 0 Å². The Labute approximate surface area is 54.3 Å². The summed E-state index contributed by atoms with van der Waals surface area (Å²) in [7, 11) is 0. The van der Waals surface area contributed by atoms with E-state index in [1.54, 1.807) is 0 Å². The van der Waals surface area contributed by atoms with Gasteiger partial charge in [-0.2, -0.15) is 0 Å². The van der Waals surface area contributed by atoms with Crippen LogP contribution in [0.2, 0.25) is 0 Å². The monoisotopic (exact) mass is 91.1 g/mol. The molecule has 0 aromatic rings. The first-order valence-electron chi connectivity index (χ1n) is 0. The van der Waals surface area contributed by atoms with E-state index >= 15 is 0 Å². The van der Waals surface area contributed by atoms with Gasteiger partial charge in [-0.15, -0.1) is 0 Å². The molecule has 5 heavy (non-hydrogen) atoms. The van der Waals surface area contributed by atoms with Crippen molar-refractivity contribution in [3.8, 4) is 0 Å².